The predicted octanol–water partition coefficient (Wildman–Crippen LogP) is 3.54. The fourth-order valence-corrected chi connectivity index (χ4v) is 2.66. The molecule has 3 heterocycles. The van der Waals surface area contributed by atoms with Gasteiger partial charge in [-0.05, 0) is 0 Å². The fourth-order valence-electron chi connectivity index (χ4n) is 2.22. The molecule has 3 aromatic rings. The van der Waals surface area contributed by atoms with Crippen LogP contribution >= 0.6 is 0 Å². The van der Waals surface area contributed by atoms with Crippen molar-refractivity contribution in [1.82, 2.24) is 29.3 Å². The summed E-state index contributed by atoms with van der Waals surface area (Å²) in [5.41, 5.74) is -4.31. The van der Waals surface area contributed by atoms with Crippen LogP contribution in [0.2, 0.25) is 0 Å². The SMILES string of the molecule is FC(F)(F)c1ccn([C]([Mn])(n2ccc(C(F)(F)F)n2)n2ccc(C(F)(F)F)n2)n1. The zero-order chi connectivity index (χ0) is 21.8. The van der Waals surface area contributed by atoms with Crippen molar-refractivity contribution in [3.63, 3.8) is 0 Å². The molecule has 0 radical (unpaired) electrons. The summed E-state index contributed by atoms with van der Waals surface area (Å²) < 4.78 is 115. The maximum absolute atomic E-state index is 12.9. The van der Waals surface area contributed by atoms with Gasteiger partial charge in [0.05, 0.1) is 0 Å². The van der Waals surface area contributed by atoms with Crippen LogP contribution in [0.5, 0.6) is 0 Å². The van der Waals surface area contributed by atoms with E-state index >= 15 is 0 Å². The molecule has 3 aromatic heterocycles. The molecule has 0 N–H and O–H groups in total. The summed E-state index contributed by atoms with van der Waals surface area (Å²) in [6.45, 7) is 0. The van der Waals surface area contributed by atoms with Crippen molar-refractivity contribution in [2.24, 2.45) is 0 Å². The van der Waals surface area contributed by atoms with E-state index < -0.39 is 40.3 Å². The summed E-state index contributed by atoms with van der Waals surface area (Å²) in [6, 6.07) is 1.45. The standard InChI is InChI=1S/C13H6F9N6.Mn/c14-11(15,16)7-1-4-26(23-7)10(27-5-2-8(24-27)12(17,18)19)28-6-3-9(25-28)13(20,21)22;/h1-6H;. The molecular formula is C13H6F9MnN6. The zero-order valence-electron chi connectivity index (χ0n) is 13.4. The Kier molecular flexibility index (Phi) is 4.77. The minimum absolute atomic E-state index is 0.427. The molecule has 0 aliphatic rings. The summed E-state index contributed by atoms with van der Waals surface area (Å²) in [7, 11) is 0. The summed E-state index contributed by atoms with van der Waals surface area (Å²) in [5.74, 6) is 0. The van der Waals surface area contributed by atoms with Gasteiger partial charge in [0, 0.05) is 0 Å². The molecule has 0 aromatic carbocycles. The van der Waals surface area contributed by atoms with Gasteiger partial charge in [0.15, 0.2) is 0 Å². The molecule has 0 bridgehead atoms. The summed E-state index contributed by atoms with van der Waals surface area (Å²) in [5, 5.41) is 9.63. The van der Waals surface area contributed by atoms with Crippen molar-refractivity contribution in [2.75, 3.05) is 0 Å². The summed E-state index contributed by atoms with van der Waals surface area (Å²) in [4.78, 5) is 0. The first-order valence-electron chi connectivity index (χ1n) is 7.22. The van der Waals surface area contributed by atoms with Crippen LogP contribution in [0.15, 0.2) is 36.8 Å². The third-order valence-corrected chi connectivity index (χ3v) is 4.32. The van der Waals surface area contributed by atoms with E-state index in [1.165, 1.54) is 0 Å². The number of halogens is 9. The van der Waals surface area contributed by atoms with E-state index in [9.17, 15) is 39.5 Å². The van der Waals surface area contributed by atoms with Gasteiger partial charge in [0.2, 0.25) is 0 Å². The normalized spacial score (nSPS) is 13.9. The van der Waals surface area contributed by atoms with E-state index in [0.717, 1.165) is 0 Å². The Bertz CT molecular complexity index is 882. The van der Waals surface area contributed by atoms with Crippen molar-refractivity contribution < 1.29 is 55.5 Å². The average Bonchev–Trinajstić information content (AvgIpc) is 3.30. The monoisotopic (exact) mass is 472 g/mol. The second kappa shape index (κ2) is 6.52. The van der Waals surface area contributed by atoms with Gasteiger partial charge < -0.3 is 0 Å². The van der Waals surface area contributed by atoms with Crippen molar-refractivity contribution in [2.45, 2.75) is 23.2 Å². The first kappa shape index (κ1) is 21.2. The molecule has 0 aliphatic carbocycles. The molecule has 16 heteroatoms. The Morgan fingerprint density at radius 3 is 0.966 bits per heavy atom. The van der Waals surface area contributed by atoms with Gasteiger partial charge in [0.1, 0.15) is 0 Å². The van der Waals surface area contributed by atoms with Crippen LogP contribution in [0.25, 0.3) is 0 Å². The molecule has 158 valence electrons. The molecule has 0 spiro atoms. The van der Waals surface area contributed by atoms with Gasteiger partial charge in [0.25, 0.3) is 0 Å². The molecule has 0 aliphatic heterocycles. The Morgan fingerprint density at radius 2 is 0.793 bits per heavy atom. The number of hydrogen-bond donors (Lipinski definition) is 0. The molecule has 29 heavy (non-hydrogen) atoms. The fraction of sp³-hybridized carbons (Fsp3) is 0.308. The van der Waals surface area contributed by atoms with Gasteiger partial charge in [-0.25, -0.2) is 0 Å². The number of hydrogen-bond acceptors (Lipinski definition) is 3. The first-order chi connectivity index (χ1) is 13.1. The van der Waals surface area contributed by atoms with E-state index in [4.69, 9.17) is 0 Å². The Hall–Kier alpha value is -2.48. The van der Waals surface area contributed by atoms with Crippen LogP contribution in [0.3, 0.4) is 0 Å². The van der Waals surface area contributed by atoms with E-state index in [0.29, 0.717) is 50.8 Å². The Morgan fingerprint density at radius 1 is 0.552 bits per heavy atom. The first-order valence-corrected chi connectivity index (χ1v) is 7.81. The molecule has 3 rings (SSSR count). The van der Waals surface area contributed by atoms with Crippen molar-refractivity contribution in [1.29, 1.82) is 0 Å². The van der Waals surface area contributed by atoms with Crippen LogP contribution in [0.4, 0.5) is 39.5 Å². The Balaban J connectivity index is 2.20. The third-order valence-electron chi connectivity index (χ3n) is 3.51. The molecule has 0 fully saturated rings. The van der Waals surface area contributed by atoms with E-state index in [-0.39, 0.29) is 0 Å². The summed E-state index contributed by atoms with van der Waals surface area (Å²) >= 11 is 2.85. The van der Waals surface area contributed by atoms with Gasteiger partial charge >= 0.3 is 162 Å². The predicted molar refractivity (Wildman–Crippen MR) is 70.5 cm³/mol. The minimum atomic E-state index is -4.92. The number of aromatic nitrogens is 6. The second-order valence-corrected chi connectivity index (χ2v) is 6.28. The molecule has 0 unspecified atom stereocenters. The summed E-state index contributed by atoms with van der Waals surface area (Å²) in [6.07, 6.45) is -12.7. The van der Waals surface area contributed by atoms with Crippen molar-refractivity contribution in [3.8, 4) is 0 Å². The number of rotatable bonds is 3. The van der Waals surface area contributed by atoms with Crippen molar-refractivity contribution in [3.05, 3.63) is 53.9 Å². The van der Waals surface area contributed by atoms with Gasteiger partial charge in [-0.1, -0.05) is 0 Å². The second-order valence-electron chi connectivity index (χ2n) is 5.48. The zero-order valence-corrected chi connectivity index (χ0v) is 14.6. The number of nitrogens with zero attached hydrogens (tertiary/aromatic N) is 6. The Labute approximate surface area is 162 Å². The molecule has 0 saturated heterocycles. The topological polar surface area (TPSA) is 53.5 Å². The molecule has 0 saturated carbocycles. The molecule has 0 amide bonds. The average molecular weight is 472 g/mol. The van der Waals surface area contributed by atoms with Gasteiger partial charge in [-0.15, -0.1) is 0 Å². The van der Waals surface area contributed by atoms with Crippen LogP contribution in [-0.4, -0.2) is 29.3 Å². The maximum atomic E-state index is 12.9. The van der Waals surface area contributed by atoms with Crippen LogP contribution < -0.4 is 0 Å². The van der Waals surface area contributed by atoms with Gasteiger partial charge in [-0.2, -0.15) is 0 Å². The van der Waals surface area contributed by atoms with E-state index in [2.05, 4.69) is 31.3 Å². The number of alkyl halides is 9. The van der Waals surface area contributed by atoms with Crippen LogP contribution in [-0.2, 0) is 39.2 Å². The van der Waals surface area contributed by atoms with Crippen LogP contribution in [0, 0.1) is 0 Å². The van der Waals surface area contributed by atoms with E-state index in [1.54, 1.807) is 0 Å². The molecular weight excluding hydrogens is 466 g/mol. The third kappa shape index (κ3) is 3.85. The van der Waals surface area contributed by atoms with Crippen molar-refractivity contribution >= 4 is 0 Å². The molecule has 0 atom stereocenters. The molecule has 6 nitrogen and oxygen atoms in total. The quantitative estimate of drug-likeness (QED) is 0.433. The van der Waals surface area contributed by atoms with Gasteiger partial charge in [-0.3, -0.25) is 0 Å². The van der Waals surface area contributed by atoms with E-state index in [1.807, 2.05) is 0 Å². The van der Waals surface area contributed by atoms with Crippen LogP contribution in [0.1, 0.15) is 17.1 Å².